The molecule has 0 spiro atoms. The highest BCUT2D eigenvalue weighted by Gasteiger charge is 2.18. The highest BCUT2D eigenvalue weighted by atomic mass is 16.2. The molecule has 8 heteroatoms. The van der Waals surface area contributed by atoms with E-state index < -0.39 is 17.7 Å². The van der Waals surface area contributed by atoms with Crippen LogP contribution in [0.5, 0.6) is 0 Å². The van der Waals surface area contributed by atoms with Crippen LogP contribution in [0.25, 0.3) is 0 Å². The number of aromatic nitrogens is 1. The van der Waals surface area contributed by atoms with E-state index in [1.807, 2.05) is 0 Å². The Balaban J connectivity index is 2.73. The van der Waals surface area contributed by atoms with Crippen molar-refractivity contribution >= 4 is 23.4 Å². The molecular weight excluding hydrogens is 250 g/mol. The lowest BCUT2D eigenvalue weighted by Crippen LogP contribution is -2.44. The Labute approximate surface area is 109 Å². The highest BCUT2D eigenvalue weighted by molar-refractivity contribution is 5.88. The molecule has 1 rings (SSSR count). The number of primary amides is 2. The van der Waals surface area contributed by atoms with Crippen molar-refractivity contribution in [2.75, 3.05) is 18.8 Å². The lowest BCUT2D eigenvalue weighted by molar-refractivity contribution is -0.137. The standard InChI is InChI=1S/C11H15N5O3/c12-7-1-2-8(15-4-7)3-11(19)16(5-9(13)17)6-10(14)18/h1-2,4H,3,5-6,12H2,(H2,13,17)(H2,14,18). The van der Waals surface area contributed by atoms with Crippen LogP contribution in [-0.4, -0.2) is 40.7 Å². The number of carbonyl (C=O) groups is 3. The second kappa shape index (κ2) is 6.34. The van der Waals surface area contributed by atoms with E-state index in [2.05, 4.69) is 4.98 Å². The fourth-order valence-electron chi connectivity index (χ4n) is 1.42. The zero-order valence-corrected chi connectivity index (χ0v) is 10.2. The Morgan fingerprint density at radius 3 is 2.11 bits per heavy atom. The molecular formula is C11H15N5O3. The molecule has 3 amide bonds. The van der Waals surface area contributed by atoms with E-state index in [1.165, 1.54) is 6.20 Å². The first-order valence-electron chi connectivity index (χ1n) is 5.43. The van der Waals surface area contributed by atoms with E-state index in [-0.39, 0.29) is 19.5 Å². The monoisotopic (exact) mass is 265 g/mol. The Hall–Kier alpha value is -2.64. The number of anilines is 1. The smallest absolute Gasteiger partial charge is 0.237 e. The third kappa shape index (κ3) is 5.02. The molecule has 0 aliphatic heterocycles. The fraction of sp³-hybridized carbons (Fsp3) is 0.273. The first-order chi connectivity index (χ1) is 8.88. The average molecular weight is 265 g/mol. The molecule has 0 saturated carbocycles. The minimum absolute atomic E-state index is 0.0686. The summed E-state index contributed by atoms with van der Waals surface area (Å²) in [6.07, 6.45) is 1.34. The zero-order valence-electron chi connectivity index (χ0n) is 10.2. The molecule has 0 aliphatic rings. The summed E-state index contributed by atoms with van der Waals surface area (Å²) in [5.41, 5.74) is 16.4. The maximum atomic E-state index is 11.9. The predicted molar refractivity (Wildman–Crippen MR) is 67.3 cm³/mol. The maximum Gasteiger partial charge on any atom is 0.237 e. The highest BCUT2D eigenvalue weighted by Crippen LogP contribution is 2.04. The summed E-state index contributed by atoms with van der Waals surface area (Å²) in [4.78, 5) is 38.5. The lowest BCUT2D eigenvalue weighted by atomic mass is 10.2. The second-order valence-electron chi connectivity index (χ2n) is 3.94. The molecule has 0 radical (unpaired) electrons. The van der Waals surface area contributed by atoms with Crippen molar-refractivity contribution in [2.24, 2.45) is 11.5 Å². The molecule has 6 N–H and O–H groups in total. The number of hydrogen-bond donors (Lipinski definition) is 3. The van der Waals surface area contributed by atoms with E-state index in [4.69, 9.17) is 17.2 Å². The van der Waals surface area contributed by atoms with Crippen LogP contribution in [0.15, 0.2) is 18.3 Å². The number of pyridine rings is 1. The minimum Gasteiger partial charge on any atom is -0.397 e. The Morgan fingerprint density at radius 2 is 1.68 bits per heavy atom. The predicted octanol–water partition coefficient (Wildman–Crippen LogP) is -1.99. The van der Waals surface area contributed by atoms with E-state index in [9.17, 15) is 14.4 Å². The van der Waals surface area contributed by atoms with Gasteiger partial charge in [0.15, 0.2) is 0 Å². The average Bonchev–Trinajstić information content (AvgIpc) is 2.30. The summed E-state index contributed by atoms with van der Waals surface area (Å²) in [5, 5.41) is 0. The van der Waals surface area contributed by atoms with Crippen LogP contribution >= 0.6 is 0 Å². The first-order valence-corrected chi connectivity index (χ1v) is 5.43. The molecule has 0 saturated heterocycles. The summed E-state index contributed by atoms with van der Waals surface area (Å²) in [7, 11) is 0. The number of nitrogen functional groups attached to an aromatic ring is 1. The van der Waals surface area contributed by atoms with E-state index in [1.54, 1.807) is 12.1 Å². The summed E-state index contributed by atoms with van der Waals surface area (Å²) in [5.74, 6) is -1.91. The van der Waals surface area contributed by atoms with Crippen molar-refractivity contribution in [2.45, 2.75) is 6.42 Å². The molecule has 1 aromatic rings. The number of rotatable bonds is 6. The fourth-order valence-corrected chi connectivity index (χ4v) is 1.42. The second-order valence-corrected chi connectivity index (χ2v) is 3.94. The summed E-state index contributed by atoms with van der Waals surface area (Å²) >= 11 is 0. The van der Waals surface area contributed by atoms with Crippen LogP contribution < -0.4 is 17.2 Å². The van der Waals surface area contributed by atoms with Gasteiger partial charge in [-0.05, 0) is 12.1 Å². The van der Waals surface area contributed by atoms with Crippen LogP contribution in [0.1, 0.15) is 5.69 Å². The van der Waals surface area contributed by atoms with Gasteiger partial charge in [0, 0.05) is 5.69 Å². The molecule has 1 aromatic heterocycles. The Bertz CT molecular complexity index is 470. The van der Waals surface area contributed by atoms with Crippen molar-refractivity contribution in [3.8, 4) is 0 Å². The molecule has 0 atom stereocenters. The van der Waals surface area contributed by atoms with Gasteiger partial charge in [0.25, 0.3) is 0 Å². The van der Waals surface area contributed by atoms with Crippen LogP contribution in [0.2, 0.25) is 0 Å². The zero-order chi connectivity index (χ0) is 14.4. The molecule has 8 nitrogen and oxygen atoms in total. The molecule has 102 valence electrons. The van der Waals surface area contributed by atoms with Gasteiger partial charge in [-0.2, -0.15) is 0 Å². The molecule has 0 unspecified atom stereocenters. The van der Waals surface area contributed by atoms with Crippen molar-refractivity contribution in [1.29, 1.82) is 0 Å². The van der Waals surface area contributed by atoms with Crippen LogP contribution in [0.3, 0.4) is 0 Å². The van der Waals surface area contributed by atoms with Gasteiger partial charge in [0.1, 0.15) is 0 Å². The van der Waals surface area contributed by atoms with Gasteiger partial charge >= 0.3 is 0 Å². The number of amides is 3. The number of carbonyl (C=O) groups excluding carboxylic acids is 3. The lowest BCUT2D eigenvalue weighted by Gasteiger charge is -2.19. The third-order valence-corrected chi connectivity index (χ3v) is 2.23. The quantitative estimate of drug-likeness (QED) is 0.544. The van der Waals surface area contributed by atoms with Gasteiger partial charge in [-0.25, -0.2) is 0 Å². The van der Waals surface area contributed by atoms with Gasteiger partial charge in [0.2, 0.25) is 17.7 Å². The summed E-state index contributed by atoms with van der Waals surface area (Å²) in [6, 6.07) is 3.18. The molecule has 0 aliphatic carbocycles. The van der Waals surface area contributed by atoms with Gasteiger partial charge in [0.05, 0.1) is 31.4 Å². The molecule has 0 bridgehead atoms. The third-order valence-electron chi connectivity index (χ3n) is 2.23. The van der Waals surface area contributed by atoms with Crippen molar-refractivity contribution < 1.29 is 14.4 Å². The SMILES string of the molecule is NC(=O)CN(CC(N)=O)C(=O)Cc1ccc(N)cn1. The van der Waals surface area contributed by atoms with Crippen LogP contribution in [0, 0.1) is 0 Å². The van der Waals surface area contributed by atoms with Crippen molar-refractivity contribution in [3.63, 3.8) is 0 Å². The Morgan fingerprint density at radius 1 is 1.11 bits per heavy atom. The van der Waals surface area contributed by atoms with Crippen molar-refractivity contribution in [3.05, 3.63) is 24.0 Å². The van der Waals surface area contributed by atoms with Crippen LogP contribution in [0.4, 0.5) is 5.69 Å². The van der Waals surface area contributed by atoms with Crippen LogP contribution in [-0.2, 0) is 20.8 Å². The van der Waals surface area contributed by atoms with Gasteiger partial charge in [-0.1, -0.05) is 0 Å². The maximum absolute atomic E-state index is 11.9. The van der Waals surface area contributed by atoms with E-state index >= 15 is 0 Å². The van der Waals surface area contributed by atoms with Gasteiger partial charge < -0.3 is 22.1 Å². The number of hydrogen-bond acceptors (Lipinski definition) is 5. The molecule has 0 aromatic carbocycles. The van der Waals surface area contributed by atoms with Gasteiger partial charge in [-0.15, -0.1) is 0 Å². The normalized spacial score (nSPS) is 9.89. The molecule has 19 heavy (non-hydrogen) atoms. The Kier molecular flexibility index (Phi) is 4.81. The topological polar surface area (TPSA) is 145 Å². The summed E-state index contributed by atoms with van der Waals surface area (Å²) < 4.78 is 0. The molecule has 1 heterocycles. The largest absolute Gasteiger partial charge is 0.397 e. The number of nitrogens with two attached hydrogens (primary N) is 3. The van der Waals surface area contributed by atoms with Crippen molar-refractivity contribution in [1.82, 2.24) is 9.88 Å². The molecule has 0 fully saturated rings. The summed E-state index contributed by atoms with van der Waals surface area (Å²) in [6.45, 7) is -0.729. The first kappa shape index (κ1) is 14.4. The van der Waals surface area contributed by atoms with E-state index in [0.717, 1.165) is 4.90 Å². The number of nitrogens with zero attached hydrogens (tertiary/aromatic N) is 2. The van der Waals surface area contributed by atoms with E-state index in [0.29, 0.717) is 11.4 Å². The van der Waals surface area contributed by atoms with Gasteiger partial charge in [-0.3, -0.25) is 19.4 Å². The minimum atomic E-state index is -0.722.